The number of rotatable bonds is 14. The maximum Gasteiger partial charge on any atom is 0.264 e. The molecule has 0 aromatic heterocycles. The Morgan fingerprint density at radius 1 is 0.891 bits per heavy atom. The van der Waals surface area contributed by atoms with Gasteiger partial charge in [0.2, 0.25) is 11.8 Å². The van der Waals surface area contributed by atoms with Crippen LogP contribution in [0.1, 0.15) is 37.0 Å². The molecule has 0 heterocycles. The number of aryl methyl sites for hydroxylation is 1. The summed E-state index contributed by atoms with van der Waals surface area (Å²) in [6, 6.07) is 29.1. The van der Waals surface area contributed by atoms with Crippen LogP contribution in [0.5, 0.6) is 5.75 Å². The van der Waals surface area contributed by atoms with Gasteiger partial charge in [-0.05, 0) is 73.4 Å². The molecule has 0 unspecified atom stereocenters. The van der Waals surface area contributed by atoms with Gasteiger partial charge < -0.3 is 15.0 Å². The Balaban J connectivity index is 1.85. The van der Waals surface area contributed by atoms with Crippen molar-refractivity contribution in [1.82, 2.24) is 10.2 Å². The summed E-state index contributed by atoms with van der Waals surface area (Å²) in [4.78, 5) is 30.1. The molecule has 0 aliphatic heterocycles. The Labute approximate surface area is 280 Å². The molecule has 2 amide bonds. The number of benzene rings is 4. The first-order valence-electron chi connectivity index (χ1n) is 15.1. The van der Waals surface area contributed by atoms with E-state index in [0.29, 0.717) is 12.2 Å². The fourth-order valence-corrected chi connectivity index (χ4v) is 6.94. The molecule has 242 valence electrons. The quantitative estimate of drug-likeness (QED) is 0.161. The molecule has 4 aromatic rings. The third-order valence-electron chi connectivity index (χ3n) is 7.73. The number of carbonyl (C=O) groups is 2. The lowest BCUT2D eigenvalue weighted by molar-refractivity contribution is -0.140. The maximum absolute atomic E-state index is 14.7. The van der Waals surface area contributed by atoms with Gasteiger partial charge in [0.1, 0.15) is 18.3 Å². The molecule has 46 heavy (non-hydrogen) atoms. The fourth-order valence-electron chi connectivity index (χ4n) is 5.06. The Kier molecular flexibility index (Phi) is 12.0. The summed E-state index contributed by atoms with van der Waals surface area (Å²) in [5.74, 6) is -0.553. The van der Waals surface area contributed by atoms with Crippen LogP contribution in [0.25, 0.3) is 0 Å². The molecule has 0 saturated heterocycles. The molecule has 1 N–H and O–H groups in total. The number of anilines is 1. The molecule has 0 fully saturated rings. The molecule has 0 saturated carbocycles. The minimum Gasteiger partial charge on any atom is -0.495 e. The normalized spacial score (nSPS) is 12.5. The number of nitrogens with zero attached hydrogens (tertiary/aromatic N) is 2. The van der Waals surface area contributed by atoms with Crippen LogP contribution in [-0.2, 0) is 32.6 Å². The molecular formula is C36H40BrN3O5S. The summed E-state index contributed by atoms with van der Waals surface area (Å²) < 4.78 is 36.0. The summed E-state index contributed by atoms with van der Waals surface area (Å²) in [6.45, 7) is 5.24. The summed E-state index contributed by atoms with van der Waals surface area (Å²) in [5.41, 5.74) is 2.67. The first-order chi connectivity index (χ1) is 22.0. The van der Waals surface area contributed by atoms with Gasteiger partial charge in [0, 0.05) is 23.5 Å². The molecular weight excluding hydrogens is 666 g/mol. The van der Waals surface area contributed by atoms with E-state index in [1.165, 1.54) is 24.1 Å². The van der Waals surface area contributed by atoms with E-state index in [0.717, 1.165) is 25.5 Å². The summed E-state index contributed by atoms with van der Waals surface area (Å²) in [6.07, 6.45) is 0.946. The Morgan fingerprint density at radius 2 is 1.54 bits per heavy atom. The number of halogens is 1. The van der Waals surface area contributed by atoms with Gasteiger partial charge in [-0.25, -0.2) is 8.42 Å². The van der Waals surface area contributed by atoms with Crippen LogP contribution in [0.4, 0.5) is 5.69 Å². The van der Waals surface area contributed by atoms with E-state index in [4.69, 9.17) is 4.74 Å². The van der Waals surface area contributed by atoms with Crippen LogP contribution in [0.3, 0.4) is 0 Å². The summed E-state index contributed by atoms with van der Waals surface area (Å²) in [5, 5.41) is 3.06. The van der Waals surface area contributed by atoms with Gasteiger partial charge in [0.05, 0.1) is 17.7 Å². The van der Waals surface area contributed by atoms with Crippen molar-refractivity contribution in [2.45, 2.75) is 57.1 Å². The Bertz CT molecular complexity index is 1740. The van der Waals surface area contributed by atoms with Crippen LogP contribution >= 0.6 is 15.9 Å². The minimum atomic E-state index is -4.24. The first-order valence-corrected chi connectivity index (χ1v) is 17.4. The fraction of sp³-hybridized carbons (Fsp3) is 0.278. The van der Waals surface area contributed by atoms with E-state index in [2.05, 4.69) is 21.2 Å². The Morgan fingerprint density at radius 3 is 2.17 bits per heavy atom. The van der Waals surface area contributed by atoms with Crippen LogP contribution in [0.15, 0.2) is 112 Å². The van der Waals surface area contributed by atoms with Crippen molar-refractivity contribution >= 4 is 43.5 Å². The van der Waals surface area contributed by atoms with E-state index in [1.807, 2.05) is 81.4 Å². The highest BCUT2D eigenvalue weighted by Gasteiger charge is 2.36. The van der Waals surface area contributed by atoms with E-state index < -0.39 is 28.5 Å². The van der Waals surface area contributed by atoms with Gasteiger partial charge in [-0.2, -0.15) is 0 Å². The number of amides is 2. The number of hydrogen-bond donors (Lipinski definition) is 1. The van der Waals surface area contributed by atoms with Gasteiger partial charge in [0.15, 0.2) is 0 Å². The van der Waals surface area contributed by atoms with Crippen LogP contribution in [0, 0.1) is 6.92 Å². The first kappa shape index (κ1) is 34.7. The van der Waals surface area contributed by atoms with Crippen LogP contribution in [0.2, 0.25) is 0 Å². The summed E-state index contributed by atoms with van der Waals surface area (Å²) in [7, 11) is -2.79. The molecule has 2 atom stereocenters. The second-order valence-electron chi connectivity index (χ2n) is 11.2. The minimum absolute atomic E-state index is 0.0280. The molecule has 8 nitrogen and oxygen atoms in total. The molecule has 4 aromatic carbocycles. The van der Waals surface area contributed by atoms with Crippen molar-refractivity contribution in [3.63, 3.8) is 0 Å². The monoisotopic (exact) mass is 705 g/mol. The molecule has 0 aliphatic rings. The lowest BCUT2D eigenvalue weighted by atomic mass is 10.0. The van der Waals surface area contributed by atoms with Gasteiger partial charge in [-0.15, -0.1) is 0 Å². The van der Waals surface area contributed by atoms with Crippen LogP contribution < -0.4 is 14.4 Å². The average molecular weight is 707 g/mol. The lowest BCUT2D eigenvalue weighted by Crippen LogP contribution is -2.54. The SMILES string of the molecule is CC[C@H](C)NC(=O)[C@@H](Cc1ccccc1)N(Cc1cccc(Br)c1)C(=O)CN(c1cc(C)ccc1OC)S(=O)(=O)c1ccccc1. The number of ether oxygens (including phenoxy) is 1. The van der Waals surface area contributed by atoms with E-state index in [-0.39, 0.29) is 35.5 Å². The summed E-state index contributed by atoms with van der Waals surface area (Å²) >= 11 is 3.51. The molecule has 0 spiro atoms. The Hall–Kier alpha value is -4.15. The highest BCUT2D eigenvalue weighted by atomic mass is 79.9. The standard InChI is InChI=1S/C36H40BrN3O5S/c1-5-27(3)38-36(42)33(23-28-13-8-6-9-14-28)39(24-29-15-12-16-30(37)22-29)35(41)25-40(32-21-26(2)19-20-34(32)45-4)46(43,44)31-17-10-7-11-18-31/h6-22,27,33H,5,23-25H2,1-4H3,(H,38,42)/t27-,33+/m0/s1. The molecule has 0 bridgehead atoms. The number of carbonyl (C=O) groups excluding carboxylic acids is 2. The molecule has 4 rings (SSSR count). The van der Waals surface area contributed by atoms with E-state index in [9.17, 15) is 18.0 Å². The van der Waals surface area contributed by atoms with Crippen molar-refractivity contribution < 1.29 is 22.7 Å². The third-order valence-corrected chi connectivity index (χ3v) is 9.99. The average Bonchev–Trinajstić information content (AvgIpc) is 3.05. The number of methoxy groups -OCH3 is 1. The number of hydrogen-bond acceptors (Lipinski definition) is 5. The molecule has 0 aliphatic carbocycles. The van der Waals surface area contributed by atoms with Gasteiger partial charge in [-0.1, -0.05) is 89.6 Å². The lowest BCUT2D eigenvalue weighted by Gasteiger charge is -2.34. The molecule has 10 heteroatoms. The zero-order chi connectivity index (χ0) is 33.3. The number of sulfonamides is 1. The predicted molar refractivity (Wildman–Crippen MR) is 185 cm³/mol. The van der Waals surface area contributed by atoms with Gasteiger partial charge in [0.25, 0.3) is 10.0 Å². The zero-order valence-corrected chi connectivity index (χ0v) is 28.9. The highest BCUT2D eigenvalue weighted by molar-refractivity contribution is 9.10. The second kappa shape index (κ2) is 15.9. The third kappa shape index (κ3) is 8.76. The predicted octanol–water partition coefficient (Wildman–Crippen LogP) is 6.52. The van der Waals surface area contributed by atoms with Crippen molar-refractivity contribution in [2.75, 3.05) is 18.0 Å². The van der Waals surface area contributed by atoms with Gasteiger partial charge in [-0.3, -0.25) is 13.9 Å². The zero-order valence-electron chi connectivity index (χ0n) is 26.5. The van der Waals surface area contributed by atoms with E-state index in [1.54, 1.807) is 30.3 Å². The van der Waals surface area contributed by atoms with Crippen molar-refractivity contribution in [1.29, 1.82) is 0 Å². The van der Waals surface area contributed by atoms with Crippen LogP contribution in [-0.4, -0.2) is 50.9 Å². The molecule has 0 radical (unpaired) electrons. The van der Waals surface area contributed by atoms with Crippen molar-refractivity contribution in [2.24, 2.45) is 0 Å². The van der Waals surface area contributed by atoms with Crippen molar-refractivity contribution in [3.05, 3.63) is 124 Å². The topological polar surface area (TPSA) is 96.0 Å². The maximum atomic E-state index is 14.7. The van der Waals surface area contributed by atoms with Crippen molar-refractivity contribution in [3.8, 4) is 5.75 Å². The van der Waals surface area contributed by atoms with E-state index >= 15 is 0 Å². The van der Waals surface area contributed by atoms with Gasteiger partial charge >= 0.3 is 0 Å². The highest BCUT2D eigenvalue weighted by Crippen LogP contribution is 2.34. The smallest absolute Gasteiger partial charge is 0.264 e. The largest absolute Gasteiger partial charge is 0.495 e. The number of nitrogens with one attached hydrogen (secondary N) is 1. The second-order valence-corrected chi connectivity index (χ2v) is 14.0.